The summed E-state index contributed by atoms with van der Waals surface area (Å²) in [5.74, 6) is 0.866. The van der Waals surface area contributed by atoms with Gasteiger partial charge in [0.15, 0.2) is 5.76 Å². The van der Waals surface area contributed by atoms with Crippen molar-refractivity contribution in [2.75, 3.05) is 13.1 Å². The second kappa shape index (κ2) is 7.57. The second-order valence-corrected chi connectivity index (χ2v) is 7.55. The van der Waals surface area contributed by atoms with Crippen molar-refractivity contribution in [3.05, 3.63) is 76.4 Å². The Balaban J connectivity index is 1.48. The topological polar surface area (TPSA) is 46.3 Å². The number of amides is 1. The fourth-order valence-electron chi connectivity index (χ4n) is 3.64. The molecule has 1 saturated heterocycles. The lowest BCUT2D eigenvalue weighted by atomic mass is 9.98. The molecule has 2 heterocycles. The maximum Gasteiger partial charge on any atom is 0.259 e. The number of aryl methyl sites for hydroxylation is 1. The highest BCUT2D eigenvalue weighted by molar-refractivity contribution is 6.33. The van der Waals surface area contributed by atoms with Crippen LogP contribution in [-0.2, 0) is 6.42 Å². The van der Waals surface area contributed by atoms with Crippen molar-refractivity contribution in [2.24, 2.45) is 5.92 Å². The third-order valence-electron chi connectivity index (χ3n) is 5.14. The Morgan fingerprint density at radius 2 is 2.00 bits per heavy atom. The van der Waals surface area contributed by atoms with E-state index in [1.54, 1.807) is 6.07 Å². The number of likely N-dealkylation sites (tertiary alicyclic amines) is 1. The van der Waals surface area contributed by atoms with E-state index in [0.29, 0.717) is 27.8 Å². The van der Waals surface area contributed by atoms with E-state index in [0.717, 1.165) is 25.9 Å². The van der Waals surface area contributed by atoms with Gasteiger partial charge in [0.1, 0.15) is 5.56 Å². The summed E-state index contributed by atoms with van der Waals surface area (Å²) in [4.78, 5) is 14.9. The minimum atomic E-state index is -0.0439. The van der Waals surface area contributed by atoms with Crippen LogP contribution in [0, 0.1) is 12.8 Å². The second-order valence-electron chi connectivity index (χ2n) is 7.14. The third-order valence-corrected chi connectivity index (χ3v) is 5.47. The highest BCUT2D eigenvalue weighted by Gasteiger charge is 2.30. The van der Waals surface area contributed by atoms with Gasteiger partial charge in [0.2, 0.25) is 0 Å². The van der Waals surface area contributed by atoms with Gasteiger partial charge in [0.05, 0.1) is 11.2 Å². The Morgan fingerprint density at radius 3 is 2.78 bits per heavy atom. The molecule has 0 saturated carbocycles. The van der Waals surface area contributed by atoms with Gasteiger partial charge in [0, 0.05) is 18.7 Å². The average molecular weight is 381 g/mol. The maximum atomic E-state index is 13.0. The van der Waals surface area contributed by atoms with Crippen molar-refractivity contribution in [1.29, 1.82) is 0 Å². The molecule has 1 aliphatic rings. The molecule has 0 aliphatic carbocycles. The summed E-state index contributed by atoms with van der Waals surface area (Å²) in [5, 5.41) is 4.39. The minimum Gasteiger partial charge on any atom is -0.355 e. The summed E-state index contributed by atoms with van der Waals surface area (Å²) in [6.45, 7) is 3.59. The largest absolute Gasteiger partial charge is 0.355 e. The van der Waals surface area contributed by atoms with Crippen LogP contribution >= 0.6 is 11.6 Å². The lowest BCUT2D eigenvalue weighted by Gasteiger charge is -2.16. The molecule has 1 unspecified atom stereocenters. The summed E-state index contributed by atoms with van der Waals surface area (Å²) in [6.07, 6.45) is 3.49. The Labute approximate surface area is 163 Å². The zero-order valence-electron chi connectivity index (χ0n) is 15.2. The van der Waals surface area contributed by atoms with Gasteiger partial charge < -0.3 is 9.42 Å². The van der Waals surface area contributed by atoms with Crippen molar-refractivity contribution < 1.29 is 9.32 Å². The van der Waals surface area contributed by atoms with E-state index >= 15 is 0 Å². The van der Waals surface area contributed by atoms with E-state index in [1.807, 2.05) is 23.1 Å². The van der Waals surface area contributed by atoms with Crippen LogP contribution in [0.5, 0.6) is 0 Å². The van der Waals surface area contributed by atoms with Gasteiger partial charge in [-0.05, 0) is 43.4 Å². The van der Waals surface area contributed by atoms with Crippen molar-refractivity contribution in [1.82, 2.24) is 10.1 Å². The van der Waals surface area contributed by atoms with E-state index < -0.39 is 0 Å². The van der Waals surface area contributed by atoms with Crippen LogP contribution in [0.3, 0.4) is 0 Å². The first-order valence-electron chi connectivity index (χ1n) is 9.16. The first-order valence-corrected chi connectivity index (χ1v) is 9.54. The Morgan fingerprint density at radius 1 is 1.22 bits per heavy atom. The lowest BCUT2D eigenvalue weighted by molar-refractivity contribution is 0.0787. The Bertz CT molecular complexity index is 949. The van der Waals surface area contributed by atoms with Crippen LogP contribution in [0.1, 0.15) is 27.9 Å². The molecule has 27 heavy (non-hydrogen) atoms. The number of rotatable bonds is 4. The summed E-state index contributed by atoms with van der Waals surface area (Å²) < 4.78 is 5.36. The van der Waals surface area contributed by atoms with Gasteiger partial charge in [-0.1, -0.05) is 58.7 Å². The SMILES string of the molecule is Cc1ccc(CC2CCN(C(=O)c3cnoc3-c3ccccc3Cl)C2)cc1. The van der Waals surface area contributed by atoms with Crippen molar-refractivity contribution >= 4 is 17.5 Å². The molecule has 0 spiro atoms. The summed E-state index contributed by atoms with van der Waals surface area (Å²) in [7, 11) is 0. The van der Waals surface area contributed by atoms with Gasteiger partial charge >= 0.3 is 0 Å². The molecular formula is C22H21ClN2O2. The fraction of sp³-hybridized carbons (Fsp3) is 0.273. The number of benzene rings is 2. The standard InChI is InChI=1S/C22H21ClN2O2/c1-15-6-8-16(9-7-15)12-17-10-11-25(14-17)22(26)19-13-24-27-21(19)18-4-2-3-5-20(18)23/h2-9,13,17H,10-12,14H2,1H3. The van der Waals surface area contributed by atoms with Crippen LogP contribution < -0.4 is 0 Å². The zero-order valence-corrected chi connectivity index (χ0v) is 15.9. The van der Waals surface area contributed by atoms with Gasteiger partial charge in [-0.2, -0.15) is 0 Å². The third kappa shape index (κ3) is 3.76. The number of carbonyl (C=O) groups is 1. The quantitative estimate of drug-likeness (QED) is 0.639. The van der Waals surface area contributed by atoms with Crippen LogP contribution in [-0.4, -0.2) is 29.1 Å². The first kappa shape index (κ1) is 17.8. The van der Waals surface area contributed by atoms with E-state index in [2.05, 4.69) is 36.3 Å². The molecular weight excluding hydrogens is 360 g/mol. The van der Waals surface area contributed by atoms with Gasteiger partial charge in [-0.15, -0.1) is 0 Å². The molecule has 0 bridgehead atoms. The average Bonchev–Trinajstić information content (AvgIpc) is 3.33. The van der Waals surface area contributed by atoms with Gasteiger partial charge in [0.25, 0.3) is 5.91 Å². The van der Waals surface area contributed by atoms with E-state index in [9.17, 15) is 4.79 Å². The predicted octanol–water partition coefficient (Wildman–Crippen LogP) is 5.01. The van der Waals surface area contributed by atoms with Crippen LogP contribution in [0.15, 0.2) is 59.3 Å². The number of hydrogen-bond donors (Lipinski definition) is 0. The van der Waals surface area contributed by atoms with Crippen molar-refractivity contribution in [3.8, 4) is 11.3 Å². The molecule has 1 aromatic heterocycles. The minimum absolute atomic E-state index is 0.0439. The summed E-state index contributed by atoms with van der Waals surface area (Å²) >= 11 is 6.26. The van der Waals surface area contributed by atoms with Crippen LogP contribution in [0.25, 0.3) is 11.3 Å². The normalized spacial score (nSPS) is 16.7. The molecule has 0 radical (unpaired) electrons. The number of hydrogen-bond acceptors (Lipinski definition) is 3. The molecule has 1 amide bonds. The van der Waals surface area contributed by atoms with Crippen LogP contribution in [0.4, 0.5) is 0 Å². The summed E-state index contributed by atoms with van der Waals surface area (Å²) in [6, 6.07) is 16.0. The van der Waals surface area contributed by atoms with Gasteiger partial charge in [-0.25, -0.2) is 0 Å². The highest BCUT2D eigenvalue weighted by Crippen LogP contribution is 2.32. The number of nitrogens with zero attached hydrogens (tertiary/aromatic N) is 2. The first-order chi connectivity index (χ1) is 13.1. The molecule has 0 N–H and O–H groups in total. The molecule has 5 heteroatoms. The van der Waals surface area contributed by atoms with E-state index in [4.69, 9.17) is 16.1 Å². The monoisotopic (exact) mass is 380 g/mol. The molecule has 4 nitrogen and oxygen atoms in total. The van der Waals surface area contributed by atoms with Gasteiger partial charge in [-0.3, -0.25) is 4.79 Å². The molecule has 1 atom stereocenters. The number of halogens is 1. The Kier molecular flexibility index (Phi) is 4.99. The molecule has 3 aromatic rings. The molecule has 1 fully saturated rings. The molecule has 2 aromatic carbocycles. The Hall–Kier alpha value is -2.59. The number of aromatic nitrogens is 1. The molecule has 1 aliphatic heterocycles. The van der Waals surface area contributed by atoms with Crippen LogP contribution in [0.2, 0.25) is 5.02 Å². The van der Waals surface area contributed by atoms with Crippen molar-refractivity contribution in [3.63, 3.8) is 0 Å². The fourth-order valence-corrected chi connectivity index (χ4v) is 3.86. The molecule has 4 rings (SSSR count). The van der Waals surface area contributed by atoms with E-state index in [1.165, 1.54) is 17.3 Å². The summed E-state index contributed by atoms with van der Waals surface area (Å²) in [5.41, 5.74) is 3.75. The lowest BCUT2D eigenvalue weighted by Crippen LogP contribution is -2.29. The number of carbonyl (C=O) groups excluding carboxylic acids is 1. The predicted molar refractivity (Wildman–Crippen MR) is 106 cm³/mol. The van der Waals surface area contributed by atoms with Crippen molar-refractivity contribution in [2.45, 2.75) is 19.8 Å². The van der Waals surface area contributed by atoms with E-state index in [-0.39, 0.29) is 5.91 Å². The zero-order chi connectivity index (χ0) is 18.8. The highest BCUT2D eigenvalue weighted by atomic mass is 35.5. The molecule has 138 valence electrons. The smallest absolute Gasteiger partial charge is 0.259 e. The maximum absolute atomic E-state index is 13.0.